The second kappa shape index (κ2) is 9.42. The summed E-state index contributed by atoms with van der Waals surface area (Å²) in [7, 11) is 1.55. The molecule has 3 rings (SSSR count). The van der Waals surface area contributed by atoms with E-state index in [1.165, 1.54) is 11.8 Å². The molecule has 9 heteroatoms. The van der Waals surface area contributed by atoms with E-state index < -0.39 is 5.25 Å². The fourth-order valence-electron chi connectivity index (χ4n) is 2.93. The second-order valence-electron chi connectivity index (χ2n) is 6.17. The lowest BCUT2D eigenvalue weighted by Crippen LogP contribution is -2.11. The number of aryl methyl sites for hydroxylation is 1. The molecular formula is C20H22N4O4S. The van der Waals surface area contributed by atoms with Crippen molar-refractivity contribution in [1.29, 1.82) is 0 Å². The molecule has 1 atom stereocenters. The molecule has 8 nitrogen and oxygen atoms in total. The molecule has 0 saturated carbocycles. The van der Waals surface area contributed by atoms with E-state index in [0.717, 1.165) is 11.3 Å². The lowest BCUT2D eigenvalue weighted by atomic mass is 10.1. The molecular weight excluding hydrogens is 392 g/mol. The minimum atomic E-state index is -0.472. The normalized spacial score (nSPS) is 11.8. The number of hydrogen-bond donors (Lipinski definition) is 0. The molecule has 0 saturated heterocycles. The first kappa shape index (κ1) is 20.7. The van der Waals surface area contributed by atoms with Gasteiger partial charge in [-0.1, -0.05) is 36.0 Å². The number of thioether (sulfide) groups is 1. The molecule has 1 aromatic heterocycles. The minimum absolute atomic E-state index is 0.261. The Hall–Kier alpha value is -3.07. The summed E-state index contributed by atoms with van der Waals surface area (Å²) in [5.41, 5.74) is 1.66. The summed E-state index contributed by atoms with van der Waals surface area (Å²) in [6.07, 6.45) is 0. The van der Waals surface area contributed by atoms with Crippen molar-refractivity contribution in [2.75, 3.05) is 20.3 Å². The maximum Gasteiger partial charge on any atom is 0.220 e. The molecule has 0 amide bonds. The standard InChI is InChI=1S/C20H22N4O4S/c1-4-28-17-11-10-15(12-18(17)27-3)19(13-23(25)26)29-20-22-21-14(2)24(20)16-8-6-5-7-9-16/h5-12,19H,4,13H2,1-3H3/t19-/m1/s1. The topological polar surface area (TPSA) is 92.3 Å². The number of ether oxygens (including phenoxy) is 2. The van der Waals surface area contributed by atoms with Crippen LogP contribution in [0.4, 0.5) is 0 Å². The predicted molar refractivity (Wildman–Crippen MR) is 111 cm³/mol. The lowest BCUT2D eigenvalue weighted by Gasteiger charge is -2.16. The summed E-state index contributed by atoms with van der Waals surface area (Å²) >= 11 is 1.30. The fourth-order valence-corrected chi connectivity index (χ4v) is 4.09. The van der Waals surface area contributed by atoms with Gasteiger partial charge in [0.2, 0.25) is 6.54 Å². The van der Waals surface area contributed by atoms with E-state index >= 15 is 0 Å². The van der Waals surface area contributed by atoms with E-state index in [0.29, 0.717) is 29.1 Å². The van der Waals surface area contributed by atoms with Crippen molar-refractivity contribution in [3.63, 3.8) is 0 Å². The Morgan fingerprint density at radius 2 is 1.93 bits per heavy atom. The fraction of sp³-hybridized carbons (Fsp3) is 0.300. The van der Waals surface area contributed by atoms with Gasteiger partial charge in [0, 0.05) is 10.6 Å². The van der Waals surface area contributed by atoms with Crippen molar-refractivity contribution >= 4 is 11.8 Å². The number of benzene rings is 2. The molecule has 0 fully saturated rings. The summed E-state index contributed by atoms with van der Waals surface area (Å²) in [5.74, 6) is 1.86. The highest BCUT2D eigenvalue weighted by Crippen LogP contribution is 2.39. The Morgan fingerprint density at radius 3 is 2.59 bits per heavy atom. The number of hydrogen-bond acceptors (Lipinski definition) is 7. The van der Waals surface area contributed by atoms with Crippen molar-refractivity contribution in [3.05, 3.63) is 70.0 Å². The van der Waals surface area contributed by atoms with E-state index in [-0.39, 0.29) is 11.5 Å². The molecule has 3 aromatic rings. The Bertz CT molecular complexity index is 978. The summed E-state index contributed by atoms with van der Waals surface area (Å²) in [4.78, 5) is 11.0. The van der Waals surface area contributed by atoms with E-state index in [1.54, 1.807) is 19.2 Å². The van der Waals surface area contributed by atoms with Crippen LogP contribution < -0.4 is 9.47 Å². The van der Waals surface area contributed by atoms with Crippen LogP contribution in [0.2, 0.25) is 0 Å². The maximum absolute atomic E-state index is 11.4. The smallest absolute Gasteiger partial charge is 0.220 e. The maximum atomic E-state index is 11.4. The summed E-state index contributed by atoms with van der Waals surface area (Å²) in [6, 6.07) is 15.1. The Kier molecular flexibility index (Phi) is 6.71. The van der Waals surface area contributed by atoms with Crippen LogP contribution in [0.5, 0.6) is 11.5 Å². The van der Waals surface area contributed by atoms with Crippen LogP contribution >= 0.6 is 11.8 Å². The third kappa shape index (κ3) is 4.86. The van der Waals surface area contributed by atoms with E-state index in [4.69, 9.17) is 9.47 Å². The van der Waals surface area contributed by atoms with Crippen LogP contribution in [-0.4, -0.2) is 39.9 Å². The molecule has 0 radical (unpaired) electrons. The number of rotatable bonds is 9. The highest BCUT2D eigenvalue weighted by Gasteiger charge is 2.25. The first-order chi connectivity index (χ1) is 14.0. The van der Waals surface area contributed by atoms with Crippen molar-refractivity contribution in [2.45, 2.75) is 24.3 Å². The van der Waals surface area contributed by atoms with Crippen LogP contribution in [0.1, 0.15) is 23.6 Å². The van der Waals surface area contributed by atoms with Gasteiger partial charge in [0.25, 0.3) is 0 Å². The largest absolute Gasteiger partial charge is 0.493 e. The Labute approximate surface area is 173 Å². The average Bonchev–Trinajstić information content (AvgIpc) is 3.08. The number of methoxy groups -OCH3 is 1. The van der Waals surface area contributed by atoms with Gasteiger partial charge in [-0.2, -0.15) is 0 Å². The van der Waals surface area contributed by atoms with Gasteiger partial charge >= 0.3 is 0 Å². The second-order valence-corrected chi connectivity index (χ2v) is 7.34. The van der Waals surface area contributed by atoms with Gasteiger partial charge in [-0.3, -0.25) is 14.7 Å². The summed E-state index contributed by atoms with van der Waals surface area (Å²) in [5, 5.41) is 19.9. The molecule has 2 aromatic carbocycles. The first-order valence-corrected chi connectivity index (χ1v) is 9.98. The zero-order chi connectivity index (χ0) is 20.8. The monoisotopic (exact) mass is 414 g/mol. The lowest BCUT2D eigenvalue weighted by molar-refractivity contribution is -0.479. The summed E-state index contributed by atoms with van der Waals surface area (Å²) in [6.45, 7) is 3.98. The quantitative estimate of drug-likeness (QED) is 0.296. The zero-order valence-corrected chi connectivity index (χ0v) is 17.3. The molecule has 0 spiro atoms. The van der Waals surface area contributed by atoms with E-state index in [9.17, 15) is 10.1 Å². The van der Waals surface area contributed by atoms with E-state index in [1.807, 2.05) is 54.8 Å². The molecule has 0 aliphatic carbocycles. The van der Waals surface area contributed by atoms with Gasteiger partial charge in [-0.15, -0.1) is 10.2 Å². The number of aromatic nitrogens is 3. The number of nitrogens with zero attached hydrogens (tertiary/aromatic N) is 4. The zero-order valence-electron chi connectivity index (χ0n) is 16.4. The molecule has 0 bridgehead atoms. The van der Waals surface area contributed by atoms with E-state index in [2.05, 4.69) is 10.2 Å². The molecule has 29 heavy (non-hydrogen) atoms. The van der Waals surface area contributed by atoms with Gasteiger partial charge in [-0.05, 0) is 43.7 Å². The van der Waals surface area contributed by atoms with Gasteiger partial charge in [0.1, 0.15) is 11.1 Å². The highest BCUT2D eigenvalue weighted by atomic mass is 32.2. The van der Waals surface area contributed by atoms with Crippen LogP contribution in [0.15, 0.2) is 53.7 Å². The Morgan fingerprint density at radius 1 is 1.17 bits per heavy atom. The third-order valence-corrected chi connectivity index (χ3v) is 5.41. The molecule has 152 valence electrons. The molecule has 0 aliphatic heterocycles. The van der Waals surface area contributed by atoms with Gasteiger partial charge < -0.3 is 9.47 Å². The summed E-state index contributed by atoms with van der Waals surface area (Å²) < 4.78 is 12.8. The van der Waals surface area contributed by atoms with Crippen molar-refractivity contribution in [2.24, 2.45) is 0 Å². The van der Waals surface area contributed by atoms with Crippen molar-refractivity contribution < 1.29 is 14.4 Å². The van der Waals surface area contributed by atoms with Crippen molar-refractivity contribution in [1.82, 2.24) is 14.8 Å². The van der Waals surface area contributed by atoms with Gasteiger partial charge in [0.05, 0.1) is 13.7 Å². The van der Waals surface area contributed by atoms with Gasteiger partial charge in [-0.25, -0.2) is 0 Å². The SMILES string of the molecule is CCOc1ccc([C@@H](C[N+](=O)[O-])Sc2nnc(C)n2-c2ccccc2)cc1OC. The number of para-hydroxylation sites is 1. The first-order valence-electron chi connectivity index (χ1n) is 9.10. The highest BCUT2D eigenvalue weighted by molar-refractivity contribution is 7.99. The third-order valence-electron chi connectivity index (χ3n) is 4.23. The van der Waals surface area contributed by atoms with Gasteiger partial charge in [0.15, 0.2) is 16.7 Å². The predicted octanol–water partition coefficient (Wildman–Crippen LogP) is 4.09. The molecule has 0 unspecified atom stereocenters. The molecule has 0 aliphatic rings. The van der Waals surface area contributed by atoms with Crippen LogP contribution in [0.3, 0.4) is 0 Å². The minimum Gasteiger partial charge on any atom is -0.493 e. The molecule has 0 N–H and O–H groups in total. The van der Waals surface area contributed by atoms with Crippen LogP contribution in [0.25, 0.3) is 5.69 Å². The van der Waals surface area contributed by atoms with Crippen molar-refractivity contribution in [3.8, 4) is 17.2 Å². The van der Waals surface area contributed by atoms with Crippen LogP contribution in [-0.2, 0) is 0 Å². The molecule has 1 heterocycles. The Balaban J connectivity index is 1.97. The number of nitro groups is 1. The average molecular weight is 414 g/mol. The van der Waals surface area contributed by atoms with Crippen LogP contribution in [0, 0.1) is 17.0 Å².